The van der Waals surface area contributed by atoms with Gasteiger partial charge in [0, 0.05) is 6.07 Å². The largest absolute Gasteiger partial charge is 0.456 e. The first kappa shape index (κ1) is 12.2. The van der Waals surface area contributed by atoms with Gasteiger partial charge in [0.05, 0.1) is 16.3 Å². The number of ether oxygens (including phenoxy) is 1. The van der Waals surface area contributed by atoms with E-state index in [1.165, 1.54) is 18.2 Å². The van der Waals surface area contributed by atoms with Crippen molar-refractivity contribution in [1.29, 1.82) is 5.26 Å². The third-order valence-electron chi connectivity index (χ3n) is 2.27. The lowest BCUT2D eigenvalue weighted by atomic mass is 10.2. The molecule has 0 saturated heterocycles. The molecule has 0 bridgehead atoms. The third-order valence-corrected chi connectivity index (χ3v) is 2.56. The number of benzene rings is 2. The molecule has 0 heterocycles. The standard InChI is InChI=1S/C13H8ClFN2O/c14-11-5-9(15)2-4-13(11)18-10-3-1-8(7-16)12(17)6-10/h1-6H,17H2. The zero-order valence-corrected chi connectivity index (χ0v) is 9.91. The Labute approximate surface area is 108 Å². The average Bonchev–Trinajstić information content (AvgIpc) is 2.33. The predicted octanol–water partition coefficient (Wildman–Crippen LogP) is 3.73. The Bertz CT molecular complexity index is 637. The summed E-state index contributed by atoms with van der Waals surface area (Å²) in [6, 6.07) is 10.4. The molecule has 0 fully saturated rings. The van der Waals surface area contributed by atoms with Crippen LogP contribution in [0.25, 0.3) is 0 Å². The maximum Gasteiger partial charge on any atom is 0.146 e. The lowest BCUT2D eigenvalue weighted by Crippen LogP contribution is -1.92. The monoisotopic (exact) mass is 262 g/mol. The van der Waals surface area contributed by atoms with E-state index in [0.29, 0.717) is 22.7 Å². The first-order valence-electron chi connectivity index (χ1n) is 5.02. The number of hydrogen-bond acceptors (Lipinski definition) is 3. The Morgan fingerprint density at radius 3 is 2.61 bits per heavy atom. The van der Waals surface area contributed by atoms with Crippen molar-refractivity contribution in [3.05, 3.63) is 52.8 Å². The number of nitrogens with zero attached hydrogens (tertiary/aromatic N) is 1. The topological polar surface area (TPSA) is 59.0 Å². The normalized spacial score (nSPS) is 9.83. The summed E-state index contributed by atoms with van der Waals surface area (Å²) >= 11 is 5.83. The van der Waals surface area contributed by atoms with Crippen molar-refractivity contribution < 1.29 is 9.13 Å². The molecule has 0 aliphatic carbocycles. The third kappa shape index (κ3) is 2.53. The lowest BCUT2D eigenvalue weighted by Gasteiger charge is -2.08. The van der Waals surface area contributed by atoms with Gasteiger partial charge in [-0.05, 0) is 30.3 Å². The van der Waals surface area contributed by atoms with E-state index >= 15 is 0 Å². The van der Waals surface area contributed by atoms with Crippen LogP contribution in [-0.4, -0.2) is 0 Å². The fourth-order valence-corrected chi connectivity index (χ4v) is 1.60. The van der Waals surface area contributed by atoms with E-state index in [0.717, 1.165) is 6.07 Å². The SMILES string of the molecule is N#Cc1ccc(Oc2ccc(F)cc2Cl)cc1N. The van der Waals surface area contributed by atoms with Crippen LogP contribution in [0.4, 0.5) is 10.1 Å². The van der Waals surface area contributed by atoms with E-state index in [1.54, 1.807) is 12.1 Å². The van der Waals surface area contributed by atoms with Crippen molar-refractivity contribution in [2.45, 2.75) is 0 Å². The van der Waals surface area contributed by atoms with Crippen LogP contribution < -0.4 is 10.5 Å². The molecule has 0 aliphatic rings. The number of rotatable bonds is 2. The zero-order chi connectivity index (χ0) is 13.1. The molecule has 0 radical (unpaired) electrons. The first-order valence-corrected chi connectivity index (χ1v) is 5.40. The number of nitriles is 1. The minimum Gasteiger partial charge on any atom is -0.456 e. The molecule has 0 aromatic heterocycles. The summed E-state index contributed by atoms with van der Waals surface area (Å²) < 4.78 is 18.3. The molecule has 2 N–H and O–H groups in total. The number of anilines is 1. The summed E-state index contributed by atoms with van der Waals surface area (Å²) in [4.78, 5) is 0. The van der Waals surface area contributed by atoms with Gasteiger partial charge in [-0.2, -0.15) is 5.26 Å². The van der Waals surface area contributed by atoms with Crippen LogP contribution in [0.3, 0.4) is 0 Å². The van der Waals surface area contributed by atoms with E-state index in [9.17, 15) is 4.39 Å². The van der Waals surface area contributed by atoms with Crippen molar-refractivity contribution in [2.24, 2.45) is 0 Å². The molecule has 90 valence electrons. The number of nitrogens with two attached hydrogens (primary N) is 1. The lowest BCUT2D eigenvalue weighted by molar-refractivity contribution is 0.481. The Morgan fingerprint density at radius 2 is 2.00 bits per heavy atom. The molecule has 0 spiro atoms. The predicted molar refractivity (Wildman–Crippen MR) is 67.1 cm³/mol. The van der Waals surface area contributed by atoms with Gasteiger partial charge in [0.1, 0.15) is 23.4 Å². The van der Waals surface area contributed by atoms with Gasteiger partial charge in [-0.3, -0.25) is 0 Å². The smallest absolute Gasteiger partial charge is 0.146 e. The van der Waals surface area contributed by atoms with Crippen LogP contribution in [0.5, 0.6) is 11.5 Å². The second-order valence-electron chi connectivity index (χ2n) is 3.54. The van der Waals surface area contributed by atoms with Gasteiger partial charge < -0.3 is 10.5 Å². The molecule has 2 aromatic rings. The van der Waals surface area contributed by atoms with Gasteiger partial charge in [-0.15, -0.1) is 0 Å². The molecule has 0 unspecified atom stereocenters. The average molecular weight is 263 g/mol. The molecule has 0 saturated carbocycles. The molecule has 0 atom stereocenters. The van der Waals surface area contributed by atoms with E-state index < -0.39 is 5.82 Å². The zero-order valence-electron chi connectivity index (χ0n) is 9.15. The Morgan fingerprint density at radius 1 is 1.22 bits per heavy atom. The summed E-state index contributed by atoms with van der Waals surface area (Å²) in [6.45, 7) is 0. The van der Waals surface area contributed by atoms with Crippen LogP contribution in [0.15, 0.2) is 36.4 Å². The van der Waals surface area contributed by atoms with Crippen molar-refractivity contribution in [3.63, 3.8) is 0 Å². The summed E-state index contributed by atoms with van der Waals surface area (Å²) in [5, 5.41) is 8.90. The summed E-state index contributed by atoms with van der Waals surface area (Å²) in [5.74, 6) is 0.314. The highest BCUT2D eigenvalue weighted by molar-refractivity contribution is 6.32. The van der Waals surface area contributed by atoms with Crippen LogP contribution in [0, 0.1) is 17.1 Å². The number of nitrogen functional groups attached to an aromatic ring is 1. The van der Waals surface area contributed by atoms with Crippen molar-refractivity contribution in [2.75, 3.05) is 5.73 Å². The summed E-state index contributed by atoms with van der Waals surface area (Å²) in [6.07, 6.45) is 0. The molecule has 0 amide bonds. The van der Waals surface area contributed by atoms with Gasteiger partial charge in [0.15, 0.2) is 0 Å². The van der Waals surface area contributed by atoms with Crippen molar-refractivity contribution >= 4 is 17.3 Å². The molecular weight excluding hydrogens is 255 g/mol. The van der Waals surface area contributed by atoms with Crippen LogP contribution in [0.2, 0.25) is 5.02 Å². The van der Waals surface area contributed by atoms with E-state index in [-0.39, 0.29) is 5.02 Å². The van der Waals surface area contributed by atoms with E-state index in [4.69, 9.17) is 27.3 Å². The molecule has 3 nitrogen and oxygen atoms in total. The van der Waals surface area contributed by atoms with Gasteiger partial charge in [-0.25, -0.2) is 4.39 Å². The minimum atomic E-state index is -0.438. The molecule has 2 aromatic carbocycles. The van der Waals surface area contributed by atoms with Gasteiger partial charge in [0.25, 0.3) is 0 Å². The Balaban J connectivity index is 2.29. The van der Waals surface area contributed by atoms with Crippen LogP contribution in [0.1, 0.15) is 5.56 Å². The Hall–Kier alpha value is -2.25. The fourth-order valence-electron chi connectivity index (χ4n) is 1.39. The highest BCUT2D eigenvalue weighted by atomic mass is 35.5. The molecular formula is C13H8ClFN2O. The molecule has 5 heteroatoms. The molecule has 2 rings (SSSR count). The Kier molecular flexibility index (Phi) is 3.35. The molecule has 0 aliphatic heterocycles. The number of hydrogen-bond donors (Lipinski definition) is 1. The second-order valence-corrected chi connectivity index (χ2v) is 3.94. The second kappa shape index (κ2) is 4.94. The van der Waals surface area contributed by atoms with Gasteiger partial charge in [-0.1, -0.05) is 11.6 Å². The van der Waals surface area contributed by atoms with Crippen molar-refractivity contribution in [3.8, 4) is 17.6 Å². The van der Waals surface area contributed by atoms with Gasteiger partial charge in [0.2, 0.25) is 0 Å². The maximum absolute atomic E-state index is 12.9. The maximum atomic E-state index is 12.9. The summed E-state index contributed by atoms with van der Waals surface area (Å²) in [5.41, 5.74) is 6.33. The quantitative estimate of drug-likeness (QED) is 0.839. The van der Waals surface area contributed by atoms with Crippen LogP contribution >= 0.6 is 11.6 Å². The highest BCUT2D eigenvalue weighted by Gasteiger charge is 2.06. The fraction of sp³-hybridized carbons (Fsp3) is 0. The first-order chi connectivity index (χ1) is 8.60. The minimum absolute atomic E-state index is 0.165. The van der Waals surface area contributed by atoms with Crippen LogP contribution in [-0.2, 0) is 0 Å². The highest BCUT2D eigenvalue weighted by Crippen LogP contribution is 2.31. The van der Waals surface area contributed by atoms with Gasteiger partial charge >= 0.3 is 0 Å². The van der Waals surface area contributed by atoms with E-state index in [1.807, 2.05) is 6.07 Å². The number of halogens is 2. The summed E-state index contributed by atoms with van der Waals surface area (Å²) in [7, 11) is 0. The van der Waals surface area contributed by atoms with E-state index in [2.05, 4.69) is 0 Å². The molecule has 18 heavy (non-hydrogen) atoms. The van der Waals surface area contributed by atoms with Crippen molar-refractivity contribution in [1.82, 2.24) is 0 Å².